The minimum Gasteiger partial charge on any atom is -0.450 e. The molecular formula is C24H24N4O4. The van der Waals surface area contributed by atoms with E-state index in [1.165, 1.54) is 0 Å². The van der Waals surface area contributed by atoms with Crippen molar-refractivity contribution >= 4 is 17.8 Å². The van der Waals surface area contributed by atoms with Gasteiger partial charge in [-0.3, -0.25) is 5.32 Å². The van der Waals surface area contributed by atoms with E-state index in [0.717, 1.165) is 16.8 Å². The van der Waals surface area contributed by atoms with Gasteiger partial charge in [0.15, 0.2) is 5.82 Å². The molecule has 0 atom stereocenters. The highest BCUT2D eigenvalue weighted by Crippen LogP contribution is 2.43. The zero-order valence-corrected chi connectivity index (χ0v) is 17.5. The maximum absolute atomic E-state index is 12.8. The molecule has 0 aliphatic carbocycles. The molecule has 0 bridgehead atoms. The van der Waals surface area contributed by atoms with E-state index in [0.29, 0.717) is 43.7 Å². The van der Waals surface area contributed by atoms with Crippen LogP contribution in [0.4, 0.5) is 10.6 Å². The number of carbonyl (C=O) groups is 2. The van der Waals surface area contributed by atoms with E-state index in [1.54, 1.807) is 23.5 Å². The standard InChI is InChI=1S/C24H24N4O4/c29-13-8-17-4-3-5-18(14-17)28-15-21(25-16-28)26-23(31)27-11-9-24(10-12-27)20-7-2-1-6-19(20)22(30)32-24/h1-7,14-16,29H,8-13H2,(H,26,31). The predicted molar refractivity (Wildman–Crippen MR) is 118 cm³/mol. The highest BCUT2D eigenvalue weighted by atomic mass is 16.6. The second-order valence-electron chi connectivity index (χ2n) is 8.16. The lowest BCUT2D eigenvalue weighted by Crippen LogP contribution is -2.46. The monoisotopic (exact) mass is 432 g/mol. The fourth-order valence-electron chi connectivity index (χ4n) is 4.51. The molecule has 2 aromatic carbocycles. The number of aliphatic hydroxyl groups excluding tert-OH is 1. The molecule has 164 valence electrons. The maximum atomic E-state index is 12.8. The van der Waals surface area contributed by atoms with Gasteiger partial charge in [-0.25, -0.2) is 14.6 Å². The quantitative estimate of drug-likeness (QED) is 0.618. The summed E-state index contributed by atoms with van der Waals surface area (Å²) in [6, 6.07) is 15.1. The number of nitrogens with one attached hydrogen (secondary N) is 1. The lowest BCUT2D eigenvalue weighted by molar-refractivity contribution is -0.0363. The van der Waals surface area contributed by atoms with E-state index in [4.69, 9.17) is 9.84 Å². The van der Waals surface area contributed by atoms with Crippen molar-refractivity contribution in [3.8, 4) is 5.69 Å². The smallest absolute Gasteiger partial charge is 0.339 e. The molecule has 1 saturated heterocycles. The summed E-state index contributed by atoms with van der Waals surface area (Å²) < 4.78 is 7.59. The number of imidazole rings is 1. The number of aliphatic hydroxyl groups is 1. The maximum Gasteiger partial charge on any atom is 0.339 e. The van der Waals surface area contributed by atoms with Crippen molar-refractivity contribution in [3.05, 3.63) is 77.7 Å². The Bertz CT molecular complexity index is 1160. The highest BCUT2D eigenvalue weighted by Gasteiger charge is 2.47. The molecule has 0 unspecified atom stereocenters. The van der Waals surface area contributed by atoms with Gasteiger partial charge < -0.3 is 19.3 Å². The number of ether oxygens (including phenoxy) is 1. The summed E-state index contributed by atoms with van der Waals surface area (Å²) in [6.45, 7) is 1.06. The van der Waals surface area contributed by atoms with Crippen LogP contribution in [0.2, 0.25) is 0 Å². The van der Waals surface area contributed by atoms with Gasteiger partial charge in [-0.15, -0.1) is 0 Å². The average Bonchev–Trinajstić information content (AvgIpc) is 3.38. The summed E-state index contributed by atoms with van der Waals surface area (Å²) in [4.78, 5) is 31.1. The van der Waals surface area contributed by atoms with Gasteiger partial charge in [-0.1, -0.05) is 30.3 Å². The molecule has 1 fully saturated rings. The molecule has 3 heterocycles. The van der Waals surface area contributed by atoms with E-state index < -0.39 is 5.60 Å². The van der Waals surface area contributed by atoms with Crippen LogP contribution in [0.3, 0.4) is 0 Å². The van der Waals surface area contributed by atoms with Crippen molar-refractivity contribution in [1.82, 2.24) is 14.5 Å². The number of nitrogens with zero attached hydrogens (tertiary/aromatic N) is 3. The van der Waals surface area contributed by atoms with Crippen molar-refractivity contribution in [2.45, 2.75) is 24.9 Å². The summed E-state index contributed by atoms with van der Waals surface area (Å²) in [5.41, 5.74) is 2.85. The minimum absolute atomic E-state index is 0.0938. The summed E-state index contributed by atoms with van der Waals surface area (Å²) >= 11 is 0. The molecule has 2 aliphatic heterocycles. The molecule has 5 rings (SSSR count). The first-order valence-electron chi connectivity index (χ1n) is 10.7. The molecule has 8 nitrogen and oxygen atoms in total. The van der Waals surface area contributed by atoms with Gasteiger partial charge in [-0.2, -0.15) is 0 Å². The van der Waals surface area contributed by atoms with Crippen molar-refractivity contribution in [1.29, 1.82) is 0 Å². The lowest BCUT2D eigenvalue weighted by atomic mass is 9.84. The number of hydrogen-bond donors (Lipinski definition) is 2. The fourth-order valence-corrected chi connectivity index (χ4v) is 4.51. The largest absolute Gasteiger partial charge is 0.450 e. The number of fused-ring (bicyclic) bond motifs is 2. The molecule has 0 saturated carbocycles. The third-order valence-corrected chi connectivity index (χ3v) is 6.21. The van der Waals surface area contributed by atoms with Crippen molar-refractivity contribution < 1.29 is 19.4 Å². The first-order valence-corrected chi connectivity index (χ1v) is 10.7. The Hall–Kier alpha value is -3.65. The Morgan fingerprint density at radius 1 is 1.16 bits per heavy atom. The Morgan fingerprint density at radius 2 is 1.97 bits per heavy atom. The third-order valence-electron chi connectivity index (χ3n) is 6.21. The second-order valence-corrected chi connectivity index (χ2v) is 8.16. The van der Waals surface area contributed by atoms with Crippen LogP contribution in [0, 0.1) is 0 Å². The van der Waals surface area contributed by atoms with Gasteiger partial charge in [0.25, 0.3) is 0 Å². The zero-order chi connectivity index (χ0) is 22.1. The molecular weight excluding hydrogens is 408 g/mol. The molecule has 2 amide bonds. The number of rotatable bonds is 4. The molecule has 1 spiro atoms. The minimum atomic E-state index is -0.633. The number of anilines is 1. The molecule has 8 heteroatoms. The number of likely N-dealkylation sites (tertiary alicyclic amines) is 1. The summed E-state index contributed by atoms with van der Waals surface area (Å²) in [5.74, 6) is 0.174. The first kappa shape index (κ1) is 20.3. The lowest BCUT2D eigenvalue weighted by Gasteiger charge is -2.38. The highest BCUT2D eigenvalue weighted by molar-refractivity contribution is 5.95. The average molecular weight is 432 g/mol. The Morgan fingerprint density at radius 3 is 2.78 bits per heavy atom. The third kappa shape index (κ3) is 3.62. The van der Waals surface area contributed by atoms with Gasteiger partial charge in [0.05, 0.1) is 11.8 Å². The molecule has 2 aliphatic rings. The van der Waals surface area contributed by atoms with E-state index in [9.17, 15) is 9.59 Å². The first-order chi connectivity index (χ1) is 15.6. The number of aromatic nitrogens is 2. The second kappa shape index (κ2) is 8.12. The van der Waals surface area contributed by atoms with Crippen LogP contribution in [-0.2, 0) is 16.8 Å². The van der Waals surface area contributed by atoms with Crippen LogP contribution in [-0.4, -0.2) is 51.3 Å². The number of hydrogen-bond acceptors (Lipinski definition) is 5. The van der Waals surface area contributed by atoms with Crippen LogP contribution in [0.15, 0.2) is 61.1 Å². The Labute approximate surface area is 185 Å². The topological polar surface area (TPSA) is 96.7 Å². The Kier molecular flexibility index (Phi) is 5.14. The fraction of sp³-hybridized carbons (Fsp3) is 0.292. The zero-order valence-electron chi connectivity index (χ0n) is 17.5. The summed E-state index contributed by atoms with van der Waals surface area (Å²) in [5, 5.41) is 12.0. The van der Waals surface area contributed by atoms with Crippen molar-refractivity contribution in [3.63, 3.8) is 0 Å². The van der Waals surface area contributed by atoms with E-state index in [1.807, 2.05) is 47.0 Å². The van der Waals surface area contributed by atoms with E-state index in [2.05, 4.69) is 10.3 Å². The summed E-state index contributed by atoms with van der Waals surface area (Å²) in [7, 11) is 0. The number of esters is 1. The number of benzene rings is 2. The molecule has 3 aromatic rings. The molecule has 32 heavy (non-hydrogen) atoms. The van der Waals surface area contributed by atoms with Crippen LogP contribution < -0.4 is 5.32 Å². The predicted octanol–water partition coefficient (Wildman–Crippen LogP) is 3.10. The number of amides is 2. The molecule has 0 radical (unpaired) electrons. The van der Waals surface area contributed by atoms with Gasteiger partial charge in [0, 0.05) is 43.8 Å². The van der Waals surface area contributed by atoms with Gasteiger partial charge in [0.2, 0.25) is 0 Å². The number of piperidine rings is 1. The summed E-state index contributed by atoms with van der Waals surface area (Å²) in [6.07, 6.45) is 5.12. The van der Waals surface area contributed by atoms with Crippen molar-refractivity contribution in [2.75, 3.05) is 25.0 Å². The molecule has 2 N–H and O–H groups in total. The Balaban J connectivity index is 1.23. The normalized spacial score (nSPS) is 16.7. The van der Waals surface area contributed by atoms with Crippen LogP contribution in [0.5, 0.6) is 0 Å². The van der Waals surface area contributed by atoms with Gasteiger partial charge in [-0.05, 0) is 30.2 Å². The SMILES string of the molecule is O=C1OC2(CCN(C(=O)Nc3cn(-c4cccc(CCO)c4)cn3)CC2)c2ccccc21. The number of urea groups is 1. The number of carbonyl (C=O) groups excluding carboxylic acids is 2. The van der Waals surface area contributed by atoms with E-state index in [-0.39, 0.29) is 18.6 Å². The van der Waals surface area contributed by atoms with Crippen LogP contribution >= 0.6 is 0 Å². The van der Waals surface area contributed by atoms with Gasteiger partial charge in [0.1, 0.15) is 11.9 Å². The van der Waals surface area contributed by atoms with Gasteiger partial charge >= 0.3 is 12.0 Å². The van der Waals surface area contributed by atoms with Crippen molar-refractivity contribution in [2.24, 2.45) is 0 Å². The van der Waals surface area contributed by atoms with Crippen LogP contribution in [0.25, 0.3) is 5.69 Å². The van der Waals surface area contributed by atoms with Crippen LogP contribution in [0.1, 0.15) is 34.3 Å². The molecule has 1 aromatic heterocycles. The van der Waals surface area contributed by atoms with E-state index >= 15 is 0 Å².